The molecule has 186 valence electrons. The van der Waals surface area contributed by atoms with Crippen LogP contribution in [0.15, 0.2) is 12.2 Å². The van der Waals surface area contributed by atoms with Crippen molar-refractivity contribution in [1.82, 2.24) is 0 Å². The van der Waals surface area contributed by atoms with Gasteiger partial charge < -0.3 is 9.47 Å². The predicted molar refractivity (Wildman–Crippen MR) is 132 cm³/mol. The van der Waals surface area contributed by atoms with Crippen molar-refractivity contribution in [2.45, 2.75) is 118 Å². The molecule has 0 saturated carbocycles. The van der Waals surface area contributed by atoms with Gasteiger partial charge in [-0.1, -0.05) is 104 Å². The van der Waals surface area contributed by atoms with Gasteiger partial charge in [0.15, 0.2) is 0 Å². The highest BCUT2D eigenvalue weighted by Gasteiger charge is 2.36. The third-order valence-electron chi connectivity index (χ3n) is 6.38. The van der Waals surface area contributed by atoms with Crippen molar-refractivity contribution < 1.29 is 19.1 Å². The quantitative estimate of drug-likeness (QED) is 0.122. The predicted octanol–water partition coefficient (Wildman–Crippen LogP) is 7.65. The molecule has 0 saturated heterocycles. The Morgan fingerprint density at radius 2 is 0.969 bits per heavy atom. The second-order valence-electron chi connectivity index (χ2n) is 10.4. The summed E-state index contributed by atoms with van der Waals surface area (Å²) in [5.74, 6) is 0.297. The summed E-state index contributed by atoms with van der Waals surface area (Å²) in [6.45, 7) is 9.97. The fourth-order valence-corrected chi connectivity index (χ4v) is 4.26. The Kier molecular flexibility index (Phi) is 16.3. The molecule has 0 spiro atoms. The first-order valence-electron chi connectivity index (χ1n) is 13.4. The number of hydrogen-bond acceptors (Lipinski definition) is 4. The number of carbonyl (C=O) groups is 2. The van der Waals surface area contributed by atoms with Crippen LogP contribution < -0.4 is 0 Å². The van der Waals surface area contributed by atoms with Gasteiger partial charge in [0.1, 0.15) is 0 Å². The first-order valence-corrected chi connectivity index (χ1v) is 13.4. The highest BCUT2D eigenvalue weighted by Crippen LogP contribution is 2.28. The van der Waals surface area contributed by atoms with Gasteiger partial charge in [0.2, 0.25) is 0 Å². The lowest BCUT2D eigenvalue weighted by atomic mass is 9.83. The molecule has 0 aromatic heterocycles. The summed E-state index contributed by atoms with van der Waals surface area (Å²) in [6, 6.07) is 0. The molecule has 0 fully saturated rings. The molecule has 1 aliphatic carbocycles. The van der Waals surface area contributed by atoms with E-state index in [1.807, 2.05) is 12.2 Å². The molecule has 0 aliphatic heterocycles. The first kappa shape index (κ1) is 28.7. The van der Waals surface area contributed by atoms with Crippen LogP contribution in [-0.4, -0.2) is 25.2 Å². The lowest BCUT2D eigenvalue weighted by molar-refractivity contribution is -0.161. The Morgan fingerprint density at radius 1 is 0.625 bits per heavy atom. The summed E-state index contributed by atoms with van der Waals surface area (Å²) in [5, 5.41) is 0. The van der Waals surface area contributed by atoms with Gasteiger partial charge in [-0.05, 0) is 37.5 Å². The van der Waals surface area contributed by atoms with Crippen molar-refractivity contribution in [3.05, 3.63) is 12.2 Å². The van der Waals surface area contributed by atoms with Crippen LogP contribution in [0.2, 0.25) is 0 Å². The van der Waals surface area contributed by atoms with Gasteiger partial charge in [-0.2, -0.15) is 0 Å². The van der Waals surface area contributed by atoms with Crippen molar-refractivity contribution in [2.24, 2.45) is 23.7 Å². The summed E-state index contributed by atoms with van der Waals surface area (Å²) < 4.78 is 11.0. The largest absolute Gasteiger partial charge is 0.465 e. The van der Waals surface area contributed by atoms with Gasteiger partial charge >= 0.3 is 11.9 Å². The second-order valence-corrected chi connectivity index (χ2v) is 10.4. The Labute approximate surface area is 197 Å². The van der Waals surface area contributed by atoms with Crippen molar-refractivity contribution >= 4 is 11.9 Å². The molecule has 0 radical (unpaired) electrons. The molecule has 0 unspecified atom stereocenters. The fraction of sp³-hybridized carbons (Fsp3) is 0.857. The second kappa shape index (κ2) is 18.1. The number of ether oxygens (including phenoxy) is 2. The van der Waals surface area contributed by atoms with E-state index in [2.05, 4.69) is 27.7 Å². The highest BCUT2D eigenvalue weighted by molar-refractivity contribution is 5.82. The third-order valence-corrected chi connectivity index (χ3v) is 6.38. The van der Waals surface area contributed by atoms with Crippen LogP contribution in [0.3, 0.4) is 0 Å². The summed E-state index contributed by atoms with van der Waals surface area (Å²) >= 11 is 0. The van der Waals surface area contributed by atoms with E-state index in [0.29, 0.717) is 26.1 Å². The summed E-state index contributed by atoms with van der Waals surface area (Å²) in [4.78, 5) is 25.2. The van der Waals surface area contributed by atoms with Gasteiger partial charge in [0, 0.05) is 0 Å². The Bertz CT molecular complexity index is 478. The zero-order chi connectivity index (χ0) is 23.6. The van der Waals surface area contributed by atoms with Crippen LogP contribution in [0.5, 0.6) is 0 Å². The molecule has 32 heavy (non-hydrogen) atoms. The van der Waals surface area contributed by atoms with Crippen molar-refractivity contribution in [1.29, 1.82) is 0 Å². The molecule has 0 bridgehead atoms. The smallest absolute Gasteiger partial charge is 0.310 e. The molecule has 0 amide bonds. The van der Waals surface area contributed by atoms with Gasteiger partial charge in [-0.15, -0.1) is 0 Å². The monoisotopic (exact) mass is 450 g/mol. The summed E-state index contributed by atoms with van der Waals surface area (Å²) in [5.41, 5.74) is 0. The topological polar surface area (TPSA) is 52.6 Å². The highest BCUT2D eigenvalue weighted by atomic mass is 16.5. The van der Waals surface area contributed by atoms with Crippen LogP contribution in [0.1, 0.15) is 118 Å². The van der Waals surface area contributed by atoms with E-state index >= 15 is 0 Å². The van der Waals surface area contributed by atoms with Crippen LogP contribution in [0.4, 0.5) is 0 Å². The van der Waals surface area contributed by atoms with Crippen LogP contribution in [0, 0.1) is 23.7 Å². The van der Waals surface area contributed by atoms with E-state index < -0.39 is 11.8 Å². The molecule has 4 nitrogen and oxygen atoms in total. The Morgan fingerprint density at radius 3 is 1.34 bits per heavy atom. The molecular formula is C28H50O4. The number of rotatable bonds is 18. The van der Waals surface area contributed by atoms with Gasteiger partial charge in [-0.25, -0.2) is 0 Å². The van der Waals surface area contributed by atoms with Crippen LogP contribution >= 0.6 is 0 Å². The van der Waals surface area contributed by atoms with Gasteiger partial charge in [0.25, 0.3) is 0 Å². The number of carbonyl (C=O) groups excluding carboxylic acids is 2. The van der Waals surface area contributed by atoms with E-state index in [1.54, 1.807) is 0 Å². The zero-order valence-corrected chi connectivity index (χ0v) is 21.4. The maximum absolute atomic E-state index is 12.6. The first-order chi connectivity index (χ1) is 15.4. The molecule has 0 aromatic carbocycles. The number of hydrogen-bond donors (Lipinski definition) is 0. The molecule has 0 heterocycles. The van der Waals surface area contributed by atoms with E-state index in [-0.39, 0.29) is 11.9 Å². The minimum Gasteiger partial charge on any atom is -0.465 e. The standard InChI is InChI=1S/C28H50O4/c1-23(2)17-11-7-5-9-15-21-31-27(29)25-19-13-14-20-26(25)28(30)32-22-16-10-6-8-12-18-24(3)4/h13-14,23-26H,5-12,15-22H2,1-4H3/t25-,26-/m1/s1. The summed E-state index contributed by atoms with van der Waals surface area (Å²) in [7, 11) is 0. The molecule has 1 aliphatic rings. The molecule has 0 N–H and O–H groups in total. The Balaban J connectivity index is 2.18. The van der Waals surface area contributed by atoms with E-state index in [1.165, 1.54) is 51.4 Å². The molecular weight excluding hydrogens is 400 g/mol. The zero-order valence-electron chi connectivity index (χ0n) is 21.4. The van der Waals surface area contributed by atoms with E-state index in [4.69, 9.17) is 9.47 Å². The lowest BCUT2D eigenvalue weighted by Crippen LogP contribution is -2.34. The molecule has 4 heteroatoms. The fourth-order valence-electron chi connectivity index (χ4n) is 4.26. The third kappa shape index (κ3) is 14.0. The average molecular weight is 451 g/mol. The minimum absolute atomic E-state index is 0.235. The minimum atomic E-state index is -0.394. The normalized spacial score (nSPS) is 18.3. The average Bonchev–Trinajstić information content (AvgIpc) is 2.76. The van der Waals surface area contributed by atoms with Crippen LogP contribution in [-0.2, 0) is 19.1 Å². The SMILES string of the molecule is CC(C)CCCCCCCOC(=O)[C@@H]1CC=CC[C@H]1C(=O)OCCCCCCCC(C)C. The van der Waals surface area contributed by atoms with Gasteiger partial charge in [0.05, 0.1) is 25.0 Å². The number of unbranched alkanes of at least 4 members (excludes halogenated alkanes) is 8. The molecule has 1 rings (SSSR count). The Hall–Kier alpha value is -1.32. The summed E-state index contributed by atoms with van der Waals surface area (Å²) in [6.07, 6.45) is 19.2. The van der Waals surface area contributed by atoms with Crippen molar-refractivity contribution in [2.75, 3.05) is 13.2 Å². The van der Waals surface area contributed by atoms with Crippen molar-refractivity contribution in [3.8, 4) is 0 Å². The van der Waals surface area contributed by atoms with Crippen LogP contribution in [0.25, 0.3) is 0 Å². The maximum Gasteiger partial charge on any atom is 0.310 e. The number of allylic oxidation sites excluding steroid dienone is 2. The lowest BCUT2D eigenvalue weighted by Gasteiger charge is -2.25. The van der Waals surface area contributed by atoms with E-state index in [0.717, 1.165) is 37.5 Å². The number of esters is 2. The maximum atomic E-state index is 12.6. The molecule has 0 aromatic rings. The molecule has 2 atom stereocenters. The van der Waals surface area contributed by atoms with Gasteiger partial charge in [-0.3, -0.25) is 9.59 Å². The van der Waals surface area contributed by atoms with E-state index in [9.17, 15) is 9.59 Å². The van der Waals surface area contributed by atoms with Crippen molar-refractivity contribution in [3.63, 3.8) is 0 Å².